The fraction of sp³-hybridized carbons (Fsp3) is 0.750. The van der Waals surface area contributed by atoms with E-state index in [9.17, 15) is 27.9 Å². The van der Waals surface area contributed by atoms with Gasteiger partial charge in [-0.2, -0.15) is 0 Å². The van der Waals surface area contributed by atoms with Gasteiger partial charge in [0.25, 0.3) is 5.91 Å². The van der Waals surface area contributed by atoms with Gasteiger partial charge in [-0.05, 0) is 47.0 Å². The van der Waals surface area contributed by atoms with Crippen molar-refractivity contribution in [2.24, 2.45) is 5.92 Å². The molecule has 11 heteroatoms. The Hall–Kier alpha value is -2.14. The quantitative estimate of drug-likeness (QED) is 0.491. The Morgan fingerprint density at radius 3 is 2.32 bits per heavy atom. The van der Waals surface area contributed by atoms with Crippen LogP contribution < -0.4 is 10.0 Å². The van der Waals surface area contributed by atoms with E-state index in [0.29, 0.717) is 12.8 Å². The molecule has 3 rings (SSSR count). The molecule has 1 heterocycles. The molecule has 3 amide bonds. The number of aliphatic hydroxyl groups is 1. The van der Waals surface area contributed by atoms with Crippen molar-refractivity contribution in [2.45, 2.75) is 81.4 Å². The molecule has 0 aromatic heterocycles. The molecule has 31 heavy (non-hydrogen) atoms. The molecule has 3 aliphatic rings. The molecule has 0 bridgehead atoms. The van der Waals surface area contributed by atoms with Crippen LogP contribution in [-0.4, -0.2) is 70.9 Å². The highest BCUT2D eigenvalue weighted by molar-refractivity contribution is 7.91. The summed E-state index contributed by atoms with van der Waals surface area (Å²) in [6.45, 7) is 10.1. The number of β-amino-alcohol motifs (C(OH)–C–C–N with tert-alkyl or cyclic N) is 1. The number of likely N-dealkylation sites (tertiary alicyclic amines) is 1. The maximum atomic E-state index is 13.1. The molecule has 0 aromatic carbocycles. The lowest BCUT2D eigenvalue weighted by atomic mass is 10.0. The summed E-state index contributed by atoms with van der Waals surface area (Å²) >= 11 is 0. The van der Waals surface area contributed by atoms with Gasteiger partial charge in [0.2, 0.25) is 15.9 Å². The molecule has 2 saturated carbocycles. The molecule has 174 valence electrons. The van der Waals surface area contributed by atoms with Gasteiger partial charge < -0.3 is 15.2 Å². The van der Waals surface area contributed by atoms with Gasteiger partial charge >= 0.3 is 6.09 Å². The van der Waals surface area contributed by atoms with Crippen molar-refractivity contribution in [3.8, 4) is 0 Å². The lowest BCUT2D eigenvalue weighted by molar-refractivity contribution is -0.131. The summed E-state index contributed by atoms with van der Waals surface area (Å²) in [4.78, 5) is 39.7. The molecule has 1 saturated heterocycles. The van der Waals surface area contributed by atoms with E-state index in [-0.39, 0.29) is 19.4 Å². The second-order valence-electron chi connectivity index (χ2n) is 10.0. The van der Waals surface area contributed by atoms with E-state index in [1.54, 1.807) is 20.8 Å². The van der Waals surface area contributed by atoms with Gasteiger partial charge in [-0.1, -0.05) is 6.08 Å². The van der Waals surface area contributed by atoms with Crippen LogP contribution in [0, 0.1) is 5.92 Å². The van der Waals surface area contributed by atoms with Crippen molar-refractivity contribution in [1.29, 1.82) is 0 Å². The average molecular weight is 458 g/mol. The molecule has 0 spiro atoms. The molecule has 0 unspecified atom stereocenters. The monoisotopic (exact) mass is 457 g/mol. The first-order valence-electron chi connectivity index (χ1n) is 10.3. The molecule has 0 aromatic rings. The van der Waals surface area contributed by atoms with E-state index in [0.717, 1.165) is 4.90 Å². The molecule has 3 fully saturated rings. The molecule has 3 N–H and O–H groups in total. The van der Waals surface area contributed by atoms with Gasteiger partial charge in [-0.15, -0.1) is 6.58 Å². The number of rotatable bonds is 6. The SMILES string of the molecule is C=C[C@@H]1C[C@]1(NC(=O)[C@@H]1C[C@](C)(O)CN1C(=O)OC(C)(C)C)C(=O)NS(=O)(=O)C1CC1. The lowest BCUT2D eigenvalue weighted by Crippen LogP contribution is -2.56. The van der Waals surface area contributed by atoms with E-state index < -0.39 is 61.9 Å². The van der Waals surface area contributed by atoms with E-state index >= 15 is 0 Å². The number of amides is 3. The van der Waals surface area contributed by atoms with E-state index in [2.05, 4.69) is 16.6 Å². The zero-order valence-corrected chi connectivity index (χ0v) is 19.1. The number of nitrogens with one attached hydrogen (secondary N) is 2. The number of hydrogen-bond donors (Lipinski definition) is 3. The van der Waals surface area contributed by atoms with Crippen LogP contribution in [-0.2, 0) is 24.3 Å². The fourth-order valence-corrected chi connectivity index (χ4v) is 5.20. The van der Waals surface area contributed by atoms with E-state index in [1.807, 2.05) is 0 Å². The summed E-state index contributed by atoms with van der Waals surface area (Å²) < 4.78 is 31.8. The standard InChI is InChI=1S/C20H31N3O7S/c1-6-12-9-20(12,16(25)22-31(28,29)13-7-8-13)21-15(24)14-10-19(5,27)11-23(14)17(26)30-18(2,3)4/h6,12-14,27H,1,7-11H2,2-5H3,(H,21,24)(H,22,25)/t12-,14+,19+,20-/m1/s1. The third-order valence-electron chi connectivity index (χ3n) is 5.70. The predicted octanol–water partition coefficient (Wildman–Crippen LogP) is 0.416. The van der Waals surface area contributed by atoms with Crippen molar-refractivity contribution in [1.82, 2.24) is 14.9 Å². The van der Waals surface area contributed by atoms with E-state index in [4.69, 9.17) is 4.74 Å². The molecule has 4 atom stereocenters. The molecular formula is C20H31N3O7S. The van der Waals surface area contributed by atoms with Crippen LogP contribution in [0.4, 0.5) is 4.79 Å². The minimum Gasteiger partial charge on any atom is -0.444 e. The first-order chi connectivity index (χ1) is 14.1. The minimum absolute atomic E-state index is 0.0467. The van der Waals surface area contributed by atoms with Gasteiger partial charge in [0.1, 0.15) is 17.2 Å². The topological polar surface area (TPSA) is 142 Å². The van der Waals surface area contributed by atoms with E-state index in [1.165, 1.54) is 13.0 Å². The lowest BCUT2D eigenvalue weighted by Gasteiger charge is -2.29. The Labute approximate surface area is 182 Å². The Balaban J connectivity index is 1.77. The highest BCUT2D eigenvalue weighted by Crippen LogP contribution is 2.45. The maximum Gasteiger partial charge on any atom is 0.411 e. The zero-order valence-electron chi connectivity index (χ0n) is 18.3. The molecule has 2 aliphatic carbocycles. The van der Waals surface area contributed by atoms with Crippen LogP contribution in [0.5, 0.6) is 0 Å². The second-order valence-corrected chi connectivity index (χ2v) is 12.0. The smallest absolute Gasteiger partial charge is 0.411 e. The maximum absolute atomic E-state index is 13.1. The fourth-order valence-electron chi connectivity index (χ4n) is 3.83. The minimum atomic E-state index is -3.79. The summed E-state index contributed by atoms with van der Waals surface area (Å²) in [6, 6.07) is -1.07. The number of carbonyl (C=O) groups is 3. The highest BCUT2D eigenvalue weighted by atomic mass is 32.2. The normalized spacial score (nSPS) is 32.9. The summed E-state index contributed by atoms with van der Waals surface area (Å²) in [7, 11) is -3.79. The van der Waals surface area contributed by atoms with Crippen LogP contribution in [0.2, 0.25) is 0 Å². The van der Waals surface area contributed by atoms with Crippen LogP contribution in [0.3, 0.4) is 0 Å². The number of hydrogen-bond acceptors (Lipinski definition) is 7. The number of ether oxygens (including phenoxy) is 1. The van der Waals surface area contributed by atoms with Crippen molar-refractivity contribution in [2.75, 3.05) is 6.54 Å². The van der Waals surface area contributed by atoms with Gasteiger partial charge in [0, 0.05) is 12.3 Å². The Bertz CT molecular complexity index is 904. The number of nitrogens with zero attached hydrogens (tertiary/aromatic N) is 1. The van der Waals surface area contributed by atoms with Crippen molar-refractivity contribution < 1.29 is 32.6 Å². The van der Waals surface area contributed by atoms with Crippen LogP contribution in [0.25, 0.3) is 0 Å². The first kappa shape index (κ1) is 23.5. The second kappa shape index (κ2) is 7.47. The summed E-state index contributed by atoms with van der Waals surface area (Å²) in [6.07, 6.45) is 1.87. The van der Waals surface area contributed by atoms with Gasteiger partial charge in [0.05, 0.1) is 17.4 Å². The first-order valence-corrected chi connectivity index (χ1v) is 11.9. The Morgan fingerprint density at radius 2 is 1.84 bits per heavy atom. The van der Waals surface area contributed by atoms with Crippen molar-refractivity contribution >= 4 is 27.9 Å². The largest absolute Gasteiger partial charge is 0.444 e. The molecule has 10 nitrogen and oxygen atoms in total. The summed E-state index contributed by atoms with van der Waals surface area (Å²) in [5.41, 5.74) is -3.56. The van der Waals surface area contributed by atoms with Crippen LogP contribution in [0.15, 0.2) is 12.7 Å². The molecule has 0 radical (unpaired) electrons. The number of sulfonamides is 1. The summed E-state index contributed by atoms with van der Waals surface area (Å²) in [5, 5.41) is 12.5. The summed E-state index contributed by atoms with van der Waals surface area (Å²) in [5.74, 6) is -1.92. The van der Waals surface area contributed by atoms with Crippen LogP contribution >= 0.6 is 0 Å². The van der Waals surface area contributed by atoms with Gasteiger partial charge in [0.15, 0.2) is 0 Å². The average Bonchev–Trinajstić information content (AvgIpc) is 3.50. The molecule has 1 aliphatic heterocycles. The van der Waals surface area contributed by atoms with Crippen molar-refractivity contribution in [3.63, 3.8) is 0 Å². The van der Waals surface area contributed by atoms with Crippen molar-refractivity contribution in [3.05, 3.63) is 12.7 Å². The van der Waals surface area contributed by atoms with Gasteiger partial charge in [-0.3, -0.25) is 19.2 Å². The van der Waals surface area contributed by atoms with Crippen LogP contribution in [0.1, 0.15) is 53.4 Å². The predicted molar refractivity (Wildman–Crippen MR) is 111 cm³/mol. The Kier molecular flexibility index (Phi) is 5.67. The molecular weight excluding hydrogens is 426 g/mol. The number of carbonyl (C=O) groups excluding carboxylic acids is 3. The van der Waals surface area contributed by atoms with Gasteiger partial charge in [-0.25, -0.2) is 13.2 Å². The highest BCUT2D eigenvalue weighted by Gasteiger charge is 2.62. The zero-order chi connectivity index (χ0) is 23.4. The third-order valence-corrected chi connectivity index (χ3v) is 7.52. The Morgan fingerprint density at radius 1 is 1.23 bits per heavy atom. The third kappa shape index (κ3) is 5.03.